The van der Waals surface area contributed by atoms with Gasteiger partial charge in [-0.15, -0.1) is 0 Å². The second-order valence-electron chi connectivity index (χ2n) is 11.4. The molecule has 2 amide bonds. The molecule has 0 atom stereocenters. The number of hydrogen-bond acceptors (Lipinski definition) is 7. The van der Waals surface area contributed by atoms with Crippen LogP contribution in [0.2, 0.25) is 0 Å². The third kappa shape index (κ3) is 3.59. The van der Waals surface area contributed by atoms with Gasteiger partial charge in [0.05, 0.1) is 12.1 Å². The molecule has 196 valence electrons. The normalized spacial score (nSPS) is 21.0. The molecule has 4 heterocycles. The smallest absolute Gasteiger partial charge is 0.343 e. The Bertz CT molecular complexity index is 1610. The van der Waals surface area contributed by atoms with E-state index in [0.717, 1.165) is 42.6 Å². The van der Waals surface area contributed by atoms with Crippen molar-refractivity contribution in [2.75, 3.05) is 18.0 Å². The first-order chi connectivity index (χ1) is 17.8. The van der Waals surface area contributed by atoms with Crippen LogP contribution in [0.3, 0.4) is 0 Å². The first-order valence-corrected chi connectivity index (χ1v) is 12.4. The summed E-state index contributed by atoms with van der Waals surface area (Å²) in [6.07, 6.45) is 3.23. The van der Waals surface area contributed by atoms with Gasteiger partial charge in [-0.3, -0.25) is 9.59 Å². The molecule has 9 heteroatoms. The maximum absolute atomic E-state index is 13.3. The molecule has 0 aliphatic carbocycles. The number of nitrogens with zero attached hydrogens (tertiary/aromatic N) is 3. The lowest BCUT2D eigenvalue weighted by molar-refractivity contribution is -0.222. The van der Waals surface area contributed by atoms with Gasteiger partial charge < -0.3 is 14.2 Å². The van der Waals surface area contributed by atoms with E-state index < -0.39 is 23.3 Å². The fraction of sp³-hybridized carbons (Fsp3) is 0.379. The predicted octanol–water partition coefficient (Wildman–Crippen LogP) is 4.87. The van der Waals surface area contributed by atoms with Crippen LogP contribution in [0.15, 0.2) is 50.6 Å². The van der Waals surface area contributed by atoms with Crippen LogP contribution in [-0.4, -0.2) is 35.1 Å². The maximum Gasteiger partial charge on any atom is 0.343 e. The lowest BCUT2D eigenvalue weighted by Gasteiger charge is -2.48. The van der Waals surface area contributed by atoms with E-state index in [1.54, 1.807) is 6.07 Å². The summed E-state index contributed by atoms with van der Waals surface area (Å²) in [7, 11) is 0. The number of carbonyl (C=O) groups is 2. The molecule has 5 rings (SSSR count). The first-order valence-electron chi connectivity index (χ1n) is 12.4. The van der Waals surface area contributed by atoms with Gasteiger partial charge in [-0.25, -0.2) is 19.8 Å². The molecule has 2 aromatic rings. The molecule has 38 heavy (non-hydrogen) atoms. The van der Waals surface area contributed by atoms with Gasteiger partial charge in [0.25, 0.3) is 17.5 Å². The van der Waals surface area contributed by atoms with E-state index in [9.17, 15) is 14.4 Å². The number of amides is 2. The minimum atomic E-state index is -0.969. The van der Waals surface area contributed by atoms with Gasteiger partial charge in [-0.1, -0.05) is 27.7 Å². The minimum Gasteiger partial charge on any atom is -0.422 e. The molecular formula is C29H29N3O6. The average molecular weight is 516 g/mol. The molecule has 0 saturated carbocycles. The van der Waals surface area contributed by atoms with E-state index in [4.69, 9.17) is 16.2 Å². The molecule has 9 nitrogen and oxygen atoms in total. The van der Waals surface area contributed by atoms with Gasteiger partial charge in [0.15, 0.2) is 0 Å². The highest BCUT2D eigenvalue weighted by atomic mass is 17.1. The Balaban J connectivity index is 1.78. The van der Waals surface area contributed by atoms with Crippen LogP contribution in [0.4, 0.5) is 5.69 Å². The molecule has 1 aromatic carbocycles. The zero-order valence-electron chi connectivity index (χ0n) is 22.1. The van der Waals surface area contributed by atoms with Crippen molar-refractivity contribution in [3.63, 3.8) is 0 Å². The van der Waals surface area contributed by atoms with Crippen LogP contribution in [0.1, 0.15) is 64.2 Å². The Labute approximate surface area is 220 Å². The number of rotatable bonds is 3. The van der Waals surface area contributed by atoms with E-state index in [1.807, 2.05) is 0 Å². The summed E-state index contributed by atoms with van der Waals surface area (Å²) < 4.78 is 5.97. The van der Waals surface area contributed by atoms with Crippen molar-refractivity contribution in [3.8, 4) is 0 Å². The van der Waals surface area contributed by atoms with E-state index >= 15 is 0 Å². The number of imide groups is 1. The van der Waals surface area contributed by atoms with Crippen LogP contribution in [0.5, 0.6) is 0 Å². The molecule has 0 bridgehead atoms. The number of benzene rings is 1. The largest absolute Gasteiger partial charge is 0.422 e. The van der Waals surface area contributed by atoms with Crippen molar-refractivity contribution < 1.29 is 24.2 Å². The number of carbonyl (C=O) groups excluding carboxylic acids is 2. The highest BCUT2D eigenvalue weighted by Crippen LogP contribution is 2.51. The summed E-state index contributed by atoms with van der Waals surface area (Å²) >= 11 is 0. The monoisotopic (exact) mass is 515 g/mol. The van der Waals surface area contributed by atoms with Crippen molar-refractivity contribution in [2.24, 2.45) is 0 Å². The SMILES string of the molecule is [C-]#[N+]C1=C(C)/C(=C/c2cc3cc4c5c(c3oc2=O)C(C)(C)CCN5CCC4(C)C)C(=O)N(C(=C)OO)C1=O. The Morgan fingerprint density at radius 3 is 2.42 bits per heavy atom. The summed E-state index contributed by atoms with van der Waals surface area (Å²) in [5.41, 5.74) is 2.75. The zero-order chi connectivity index (χ0) is 27.7. The maximum atomic E-state index is 13.3. The number of hydrogen-bond donors (Lipinski definition) is 1. The molecule has 0 unspecified atom stereocenters. The quantitative estimate of drug-likeness (QED) is 0.118. The Hall–Kier alpha value is -4.16. The second kappa shape index (κ2) is 8.43. The van der Waals surface area contributed by atoms with Gasteiger partial charge >= 0.3 is 5.63 Å². The van der Waals surface area contributed by atoms with Gasteiger partial charge in [-0.05, 0) is 66.5 Å². The van der Waals surface area contributed by atoms with Crippen LogP contribution in [0, 0.1) is 6.57 Å². The van der Waals surface area contributed by atoms with Crippen LogP contribution >= 0.6 is 0 Å². The molecule has 0 saturated heterocycles. The van der Waals surface area contributed by atoms with Crippen LogP contribution in [-0.2, 0) is 25.3 Å². The van der Waals surface area contributed by atoms with Crippen molar-refractivity contribution >= 4 is 34.5 Å². The van der Waals surface area contributed by atoms with Gasteiger partial charge in [0, 0.05) is 35.3 Å². The highest BCUT2D eigenvalue weighted by Gasteiger charge is 2.42. The molecule has 0 radical (unpaired) electrons. The predicted molar refractivity (Wildman–Crippen MR) is 142 cm³/mol. The molecule has 1 N–H and O–H groups in total. The lowest BCUT2D eigenvalue weighted by Crippen LogP contribution is -2.44. The summed E-state index contributed by atoms with van der Waals surface area (Å²) in [6.45, 7) is 22.9. The Morgan fingerprint density at radius 2 is 1.79 bits per heavy atom. The van der Waals surface area contributed by atoms with E-state index in [0.29, 0.717) is 10.5 Å². The van der Waals surface area contributed by atoms with Crippen LogP contribution in [0.25, 0.3) is 21.9 Å². The number of fused-ring (bicyclic) bond motifs is 2. The summed E-state index contributed by atoms with van der Waals surface area (Å²) in [6, 6.07) is 3.76. The van der Waals surface area contributed by atoms with Crippen molar-refractivity contribution in [1.29, 1.82) is 0 Å². The molecule has 0 spiro atoms. The standard InChI is InChI=1S/C29H29N3O6/c1-15-19(25(33)32(16(2)38-36)26(34)22(15)30-7)13-18-12-17-14-20-23-21(24(17)37-27(18)35)29(5,6)9-11-31(23)10-8-28(20,3)4/h12-14,36H,2,8-11H2,1,3-6H3/b19-13-. The molecule has 1 aromatic heterocycles. The van der Waals surface area contributed by atoms with E-state index in [-0.39, 0.29) is 33.2 Å². The third-order valence-corrected chi connectivity index (χ3v) is 8.12. The van der Waals surface area contributed by atoms with Crippen molar-refractivity contribution in [3.05, 3.63) is 80.0 Å². The van der Waals surface area contributed by atoms with Crippen molar-refractivity contribution in [2.45, 2.75) is 58.3 Å². The topological polar surface area (TPSA) is 105 Å². The first kappa shape index (κ1) is 25.5. The Morgan fingerprint density at radius 1 is 1.13 bits per heavy atom. The summed E-state index contributed by atoms with van der Waals surface area (Å²) in [5, 5.41) is 9.75. The van der Waals surface area contributed by atoms with Gasteiger partial charge in [0.1, 0.15) is 5.58 Å². The molecular weight excluding hydrogens is 486 g/mol. The molecule has 0 fully saturated rings. The number of anilines is 1. The molecule has 3 aliphatic heterocycles. The highest BCUT2D eigenvalue weighted by molar-refractivity contribution is 6.19. The second-order valence-corrected chi connectivity index (χ2v) is 11.4. The minimum absolute atomic E-state index is 0.0772. The fourth-order valence-corrected chi connectivity index (χ4v) is 5.76. The van der Waals surface area contributed by atoms with E-state index in [1.165, 1.54) is 18.6 Å². The van der Waals surface area contributed by atoms with Gasteiger partial charge in [0.2, 0.25) is 5.88 Å². The van der Waals surface area contributed by atoms with Crippen molar-refractivity contribution in [1.82, 2.24) is 4.90 Å². The summed E-state index contributed by atoms with van der Waals surface area (Å²) in [4.78, 5) is 49.3. The van der Waals surface area contributed by atoms with Gasteiger partial charge in [-0.2, -0.15) is 0 Å². The van der Waals surface area contributed by atoms with Crippen LogP contribution < -0.4 is 10.5 Å². The zero-order valence-corrected chi connectivity index (χ0v) is 22.1. The molecule has 3 aliphatic rings. The fourth-order valence-electron chi connectivity index (χ4n) is 5.76. The van der Waals surface area contributed by atoms with E-state index in [2.05, 4.69) is 55.0 Å². The third-order valence-electron chi connectivity index (χ3n) is 8.12. The lowest BCUT2D eigenvalue weighted by atomic mass is 9.69. The average Bonchev–Trinajstić information content (AvgIpc) is 2.85. The Kier molecular flexibility index (Phi) is 5.65. The summed E-state index contributed by atoms with van der Waals surface area (Å²) in [5.74, 6) is -2.49.